The van der Waals surface area contributed by atoms with Crippen LogP contribution in [0.1, 0.15) is 5.69 Å². The Bertz CT molecular complexity index is 283. The predicted octanol–water partition coefficient (Wildman–Crippen LogP) is 1.46. The van der Waals surface area contributed by atoms with E-state index in [1.54, 1.807) is 10.9 Å². The minimum Gasteiger partial charge on any atom is -0.273 e. The fraction of sp³-hybridized carbons (Fsp3) is 0.333. The first kappa shape index (κ1) is 7.12. The third-order valence-electron chi connectivity index (χ3n) is 1.15. The van der Waals surface area contributed by atoms with Gasteiger partial charge in [0.2, 0.25) is 0 Å². The van der Waals surface area contributed by atoms with Gasteiger partial charge < -0.3 is 0 Å². The zero-order valence-corrected chi connectivity index (χ0v) is 6.64. The largest absolute Gasteiger partial charge is 0.273 e. The van der Waals surface area contributed by atoms with Crippen molar-refractivity contribution in [3.8, 4) is 0 Å². The van der Waals surface area contributed by atoms with Crippen molar-refractivity contribution in [2.24, 2.45) is 12.0 Å². The first-order valence-corrected chi connectivity index (χ1v) is 3.23. The highest BCUT2D eigenvalue weighted by Gasteiger charge is 1.98. The third-order valence-corrected chi connectivity index (χ3v) is 1.24. The number of aromatic nitrogens is 2. The predicted molar refractivity (Wildman–Crippen MR) is 42.6 cm³/mol. The smallest absolute Gasteiger partial charge is 0.115 e. The van der Waals surface area contributed by atoms with Gasteiger partial charge in [-0.25, -0.2) is 0 Å². The topological polar surface area (TPSA) is 30.2 Å². The quantitative estimate of drug-likeness (QED) is 0.451. The summed E-state index contributed by atoms with van der Waals surface area (Å²) in [5, 5.41) is 6.36. The van der Waals surface area contributed by atoms with Gasteiger partial charge in [-0.15, -0.1) is 0 Å². The van der Waals surface area contributed by atoms with Crippen LogP contribution in [0.2, 0.25) is 0 Å². The Kier molecular flexibility index (Phi) is 1.94. The van der Waals surface area contributed by atoms with Crippen molar-refractivity contribution in [1.82, 2.24) is 9.78 Å². The molecule has 10 heavy (non-hydrogen) atoms. The molecule has 3 nitrogen and oxygen atoms in total. The molecule has 0 aromatic carbocycles. The van der Waals surface area contributed by atoms with Gasteiger partial charge in [0.1, 0.15) is 5.69 Å². The fourth-order valence-electron chi connectivity index (χ4n) is 0.746. The molecule has 1 heterocycles. The van der Waals surface area contributed by atoms with E-state index in [9.17, 15) is 0 Å². The normalized spacial score (nSPS) is 9.00. The van der Waals surface area contributed by atoms with Crippen LogP contribution in [0.4, 0.5) is 5.69 Å². The SMILES string of the molecule is Cc1nn(C)cc1N=C=S. The lowest BCUT2D eigenvalue weighted by Crippen LogP contribution is -1.86. The molecule has 0 N–H and O–H groups in total. The highest BCUT2D eigenvalue weighted by molar-refractivity contribution is 7.78. The maximum atomic E-state index is 4.45. The van der Waals surface area contributed by atoms with Crippen molar-refractivity contribution in [2.75, 3.05) is 0 Å². The molecule has 1 aromatic heterocycles. The molecule has 0 radical (unpaired) electrons. The number of hydrogen-bond donors (Lipinski definition) is 0. The second-order valence-corrected chi connectivity index (χ2v) is 2.16. The molecule has 0 fully saturated rings. The minimum atomic E-state index is 0.789. The summed E-state index contributed by atoms with van der Waals surface area (Å²) in [5.41, 5.74) is 1.66. The van der Waals surface area contributed by atoms with Crippen molar-refractivity contribution in [1.29, 1.82) is 0 Å². The molecule has 0 aliphatic carbocycles. The van der Waals surface area contributed by atoms with E-state index < -0.39 is 0 Å². The standard InChI is InChI=1S/C6H7N3S/c1-5-6(7-4-10)3-9(2)8-5/h3H,1-2H3. The van der Waals surface area contributed by atoms with E-state index in [-0.39, 0.29) is 0 Å². The summed E-state index contributed by atoms with van der Waals surface area (Å²) in [6, 6.07) is 0. The molecule has 0 saturated carbocycles. The average molecular weight is 153 g/mol. The minimum absolute atomic E-state index is 0.789. The van der Waals surface area contributed by atoms with E-state index in [1.165, 1.54) is 0 Å². The van der Waals surface area contributed by atoms with Gasteiger partial charge in [-0.1, -0.05) is 0 Å². The molecule has 4 heteroatoms. The van der Waals surface area contributed by atoms with Crippen LogP contribution in [0.3, 0.4) is 0 Å². The van der Waals surface area contributed by atoms with Crippen LogP contribution >= 0.6 is 12.2 Å². The second-order valence-electron chi connectivity index (χ2n) is 1.98. The molecule has 0 amide bonds. The van der Waals surface area contributed by atoms with Gasteiger partial charge in [0, 0.05) is 7.05 Å². The van der Waals surface area contributed by atoms with Crippen LogP contribution in [-0.4, -0.2) is 14.9 Å². The summed E-state index contributed by atoms with van der Waals surface area (Å²) in [4.78, 5) is 3.81. The van der Waals surface area contributed by atoms with Crippen molar-refractivity contribution in [3.05, 3.63) is 11.9 Å². The number of aliphatic imine (C=N–C) groups is 1. The Morgan fingerprint density at radius 1 is 1.80 bits per heavy atom. The van der Waals surface area contributed by atoms with Gasteiger partial charge in [-0.2, -0.15) is 10.1 Å². The lowest BCUT2D eigenvalue weighted by atomic mass is 10.4. The molecule has 1 rings (SSSR count). The number of hydrogen-bond acceptors (Lipinski definition) is 3. The van der Waals surface area contributed by atoms with E-state index in [0.29, 0.717) is 0 Å². The van der Waals surface area contributed by atoms with Crippen LogP contribution in [0, 0.1) is 6.92 Å². The summed E-state index contributed by atoms with van der Waals surface area (Å²) >= 11 is 4.45. The lowest BCUT2D eigenvalue weighted by Gasteiger charge is -1.79. The first-order chi connectivity index (χ1) is 4.74. The average Bonchev–Trinajstić information content (AvgIpc) is 2.13. The Morgan fingerprint density at radius 3 is 2.90 bits per heavy atom. The van der Waals surface area contributed by atoms with Gasteiger partial charge in [-0.05, 0) is 19.1 Å². The lowest BCUT2D eigenvalue weighted by molar-refractivity contribution is 0.756. The van der Waals surface area contributed by atoms with Crippen molar-refractivity contribution in [2.45, 2.75) is 6.92 Å². The third kappa shape index (κ3) is 1.29. The number of nitrogens with zero attached hydrogens (tertiary/aromatic N) is 3. The number of rotatable bonds is 1. The van der Waals surface area contributed by atoms with E-state index in [2.05, 4.69) is 27.5 Å². The summed E-state index contributed by atoms with van der Waals surface area (Å²) in [6.07, 6.45) is 1.80. The fourth-order valence-corrected chi connectivity index (χ4v) is 0.844. The van der Waals surface area contributed by atoms with Crippen molar-refractivity contribution in [3.63, 3.8) is 0 Å². The van der Waals surface area contributed by atoms with E-state index in [0.717, 1.165) is 11.4 Å². The van der Waals surface area contributed by atoms with Gasteiger partial charge >= 0.3 is 0 Å². The van der Waals surface area contributed by atoms with E-state index in [1.807, 2.05) is 14.0 Å². The van der Waals surface area contributed by atoms with Crippen molar-refractivity contribution >= 4 is 23.1 Å². The highest BCUT2D eigenvalue weighted by Crippen LogP contribution is 2.13. The molecule has 0 unspecified atom stereocenters. The molecule has 0 atom stereocenters. The monoisotopic (exact) mass is 153 g/mol. The second kappa shape index (κ2) is 2.73. The van der Waals surface area contributed by atoms with Crippen LogP contribution in [-0.2, 0) is 7.05 Å². The van der Waals surface area contributed by atoms with E-state index in [4.69, 9.17) is 0 Å². The zero-order chi connectivity index (χ0) is 7.56. The first-order valence-electron chi connectivity index (χ1n) is 2.82. The number of aryl methyl sites for hydroxylation is 2. The Morgan fingerprint density at radius 2 is 2.50 bits per heavy atom. The maximum absolute atomic E-state index is 4.45. The van der Waals surface area contributed by atoms with Crippen LogP contribution in [0.5, 0.6) is 0 Å². The Balaban J connectivity index is 3.14. The molecule has 0 spiro atoms. The van der Waals surface area contributed by atoms with Crippen LogP contribution < -0.4 is 0 Å². The Labute approximate surface area is 64.4 Å². The summed E-state index contributed by atoms with van der Waals surface area (Å²) in [6.45, 7) is 1.88. The van der Waals surface area contributed by atoms with Gasteiger partial charge in [-0.3, -0.25) is 4.68 Å². The summed E-state index contributed by atoms with van der Waals surface area (Å²) < 4.78 is 1.70. The number of thiocarbonyl (C=S) groups is 1. The molecule has 0 saturated heterocycles. The Hall–Kier alpha value is -0.990. The molecule has 52 valence electrons. The molecule has 0 bridgehead atoms. The molecular weight excluding hydrogens is 146 g/mol. The molecular formula is C6H7N3S. The van der Waals surface area contributed by atoms with Gasteiger partial charge in [0.15, 0.2) is 0 Å². The highest BCUT2D eigenvalue weighted by atomic mass is 32.1. The molecule has 0 aliphatic rings. The summed E-state index contributed by atoms with van der Waals surface area (Å²) in [7, 11) is 1.84. The zero-order valence-electron chi connectivity index (χ0n) is 5.83. The maximum Gasteiger partial charge on any atom is 0.115 e. The summed E-state index contributed by atoms with van der Waals surface area (Å²) in [5.74, 6) is 0. The number of isothiocyanates is 1. The van der Waals surface area contributed by atoms with E-state index >= 15 is 0 Å². The van der Waals surface area contributed by atoms with Crippen LogP contribution in [0.15, 0.2) is 11.2 Å². The van der Waals surface area contributed by atoms with Crippen molar-refractivity contribution < 1.29 is 0 Å². The van der Waals surface area contributed by atoms with Crippen LogP contribution in [0.25, 0.3) is 0 Å². The molecule has 0 aliphatic heterocycles. The van der Waals surface area contributed by atoms with Gasteiger partial charge in [0.25, 0.3) is 0 Å². The molecule has 1 aromatic rings. The van der Waals surface area contributed by atoms with Gasteiger partial charge in [0.05, 0.1) is 17.1 Å².